The van der Waals surface area contributed by atoms with Crippen molar-refractivity contribution in [2.45, 2.75) is 13.8 Å². The van der Waals surface area contributed by atoms with E-state index in [-0.39, 0.29) is 0 Å². The van der Waals surface area contributed by atoms with E-state index in [1.54, 1.807) is 0 Å². The van der Waals surface area contributed by atoms with Crippen LogP contribution in [0.25, 0.3) is 11.4 Å². The fraction of sp³-hybridized carbons (Fsp3) is 0.350. The van der Waals surface area contributed by atoms with Gasteiger partial charge in [0.05, 0.1) is 0 Å². The number of rotatable bonds is 7. The number of nitrogens with one attached hydrogen (secondary N) is 2. The van der Waals surface area contributed by atoms with Crippen LogP contribution in [-0.2, 0) is 0 Å². The van der Waals surface area contributed by atoms with Crippen LogP contribution in [0.1, 0.15) is 11.3 Å². The highest BCUT2D eigenvalue weighted by Gasteiger charge is 2.13. The lowest BCUT2D eigenvalue weighted by atomic mass is 10.1. The zero-order chi connectivity index (χ0) is 19.4. The zero-order valence-electron chi connectivity index (χ0n) is 16.6. The summed E-state index contributed by atoms with van der Waals surface area (Å²) in [5.74, 6) is 3.04. The second kappa shape index (κ2) is 8.18. The van der Waals surface area contributed by atoms with E-state index in [2.05, 4.69) is 65.5 Å². The van der Waals surface area contributed by atoms with Crippen LogP contribution in [0.15, 0.2) is 36.4 Å². The highest BCUT2D eigenvalue weighted by Crippen LogP contribution is 2.25. The Labute approximate surface area is 160 Å². The Kier molecular flexibility index (Phi) is 5.71. The van der Waals surface area contributed by atoms with Crippen LogP contribution >= 0.6 is 0 Å². The smallest absolute Gasteiger partial charge is 0.164 e. The molecule has 2 aromatic heterocycles. The topological polar surface area (TPSA) is 73.0 Å². The van der Waals surface area contributed by atoms with Gasteiger partial charge in [0.1, 0.15) is 11.6 Å². The van der Waals surface area contributed by atoms with E-state index < -0.39 is 0 Å². The molecular formula is C20H27N7. The highest BCUT2D eigenvalue weighted by molar-refractivity contribution is 5.66. The number of likely N-dealkylation sites (N-methyl/N-ethyl adjacent to an activating group) is 2. The van der Waals surface area contributed by atoms with Crippen molar-refractivity contribution in [1.82, 2.24) is 25.1 Å². The van der Waals surface area contributed by atoms with E-state index in [0.29, 0.717) is 5.82 Å². The van der Waals surface area contributed by atoms with Gasteiger partial charge in [-0.3, -0.25) is 5.10 Å². The Morgan fingerprint density at radius 1 is 0.963 bits per heavy atom. The van der Waals surface area contributed by atoms with E-state index in [9.17, 15) is 0 Å². The van der Waals surface area contributed by atoms with Gasteiger partial charge in [0.25, 0.3) is 0 Å². The summed E-state index contributed by atoms with van der Waals surface area (Å²) >= 11 is 0. The molecule has 3 aromatic rings. The van der Waals surface area contributed by atoms with Crippen LogP contribution in [0.4, 0.5) is 17.5 Å². The van der Waals surface area contributed by atoms with Gasteiger partial charge in [0, 0.05) is 43.5 Å². The van der Waals surface area contributed by atoms with Crippen molar-refractivity contribution >= 4 is 17.5 Å². The summed E-state index contributed by atoms with van der Waals surface area (Å²) in [5.41, 5.74) is 3.17. The quantitative estimate of drug-likeness (QED) is 0.670. The van der Waals surface area contributed by atoms with Crippen molar-refractivity contribution in [1.29, 1.82) is 0 Å². The second-order valence-electron chi connectivity index (χ2n) is 7.04. The van der Waals surface area contributed by atoms with Crippen molar-refractivity contribution in [2.24, 2.45) is 0 Å². The molecule has 0 saturated heterocycles. The third-order valence-electron chi connectivity index (χ3n) is 4.33. The maximum Gasteiger partial charge on any atom is 0.164 e. The van der Waals surface area contributed by atoms with Crippen molar-refractivity contribution in [3.63, 3.8) is 0 Å². The zero-order valence-corrected chi connectivity index (χ0v) is 16.6. The average molecular weight is 365 g/mol. The lowest BCUT2D eigenvalue weighted by Crippen LogP contribution is -2.29. The number of anilines is 3. The van der Waals surface area contributed by atoms with E-state index in [4.69, 9.17) is 9.97 Å². The summed E-state index contributed by atoms with van der Waals surface area (Å²) < 4.78 is 0. The second-order valence-corrected chi connectivity index (χ2v) is 7.04. The summed E-state index contributed by atoms with van der Waals surface area (Å²) in [6, 6.07) is 12.1. The van der Waals surface area contributed by atoms with Gasteiger partial charge in [-0.05, 0) is 33.5 Å². The lowest BCUT2D eigenvalue weighted by Gasteiger charge is -2.22. The molecule has 2 heterocycles. The first kappa shape index (κ1) is 18.8. The Hall–Kier alpha value is -2.93. The predicted molar refractivity (Wildman–Crippen MR) is 111 cm³/mol. The van der Waals surface area contributed by atoms with Crippen LogP contribution in [0.3, 0.4) is 0 Å². The average Bonchev–Trinajstić information content (AvgIpc) is 3.04. The summed E-state index contributed by atoms with van der Waals surface area (Å²) in [4.78, 5) is 13.9. The molecule has 1 aromatic carbocycles. The fourth-order valence-corrected chi connectivity index (χ4v) is 2.72. The number of hydrogen-bond acceptors (Lipinski definition) is 6. The van der Waals surface area contributed by atoms with Gasteiger partial charge in [-0.1, -0.05) is 24.3 Å². The normalized spacial score (nSPS) is 11.0. The van der Waals surface area contributed by atoms with Crippen LogP contribution in [0, 0.1) is 13.8 Å². The van der Waals surface area contributed by atoms with Gasteiger partial charge in [-0.25, -0.2) is 9.97 Å². The van der Waals surface area contributed by atoms with Crippen LogP contribution < -0.4 is 10.2 Å². The number of H-pyrrole nitrogens is 1. The van der Waals surface area contributed by atoms with E-state index >= 15 is 0 Å². The molecule has 0 aliphatic heterocycles. The highest BCUT2D eigenvalue weighted by atomic mass is 15.2. The molecule has 0 bridgehead atoms. The van der Waals surface area contributed by atoms with Crippen molar-refractivity contribution < 1.29 is 0 Å². The first-order chi connectivity index (χ1) is 12.9. The first-order valence-electron chi connectivity index (χ1n) is 9.02. The number of nitrogens with zero attached hydrogens (tertiary/aromatic N) is 5. The number of aromatic nitrogens is 4. The van der Waals surface area contributed by atoms with E-state index in [1.807, 2.05) is 31.2 Å². The minimum atomic E-state index is 0.706. The van der Waals surface area contributed by atoms with Gasteiger partial charge in [-0.2, -0.15) is 5.10 Å². The minimum Gasteiger partial charge on any atom is -0.358 e. The van der Waals surface area contributed by atoms with Crippen molar-refractivity contribution in [2.75, 3.05) is 44.4 Å². The summed E-state index contributed by atoms with van der Waals surface area (Å²) in [6.07, 6.45) is 0. The monoisotopic (exact) mass is 365 g/mol. The van der Waals surface area contributed by atoms with E-state index in [0.717, 1.165) is 47.4 Å². The molecule has 0 aliphatic rings. The standard InChI is InChI=1S/C20H27N7/c1-14-8-6-7-9-16(14)20-22-17(21-18-12-15(2)24-25-18)13-19(23-20)27(5)11-10-26(3)4/h6-9,12-13H,10-11H2,1-5H3,(H2,21,22,23,24,25). The molecule has 0 fully saturated rings. The number of aryl methyl sites for hydroxylation is 2. The molecule has 0 aliphatic carbocycles. The molecule has 27 heavy (non-hydrogen) atoms. The molecule has 7 heteroatoms. The Morgan fingerprint density at radius 2 is 1.74 bits per heavy atom. The Bertz CT molecular complexity index is 901. The summed E-state index contributed by atoms with van der Waals surface area (Å²) in [7, 11) is 6.19. The first-order valence-corrected chi connectivity index (χ1v) is 9.02. The van der Waals surface area contributed by atoms with Crippen LogP contribution in [-0.4, -0.2) is 59.3 Å². The Morgan fingerprint density at radius 3 is 2.41 bits per heavy atom. The molecular weight excluding hydrogens is 338 g/mol. The van der Waals surface area contributed by atoms with Crippen molar-refractivity contribution in [3.8, 4) is 11.4 Å². The number of benzene rings is 1. The van der Waals surface area contributed by atoms with Gasteiger partial charge in [-0.15, -0.1) is 0 Å². The maximum absolute atomic E-state index is 4.82. The lowest BCUT2D eigenvalue weighted by molar-refractivity contribution is 0.416. The largest absolute Gasteiger partial charge is 0.358 e. The molecule has 0 atom stereocenters. The van der Waals surface area contributed by atoms with Crippen molar-refractivity contribution in [3.05, 3.63) is 47.7 Å². The molecule has 0 radical (unpaired) electrons. The molecule has 142 valence electrons. The molecule has 3 rings (SSSR count). The van der Waals surface area contributed by atoms with Crippen LogP contribution in [0.2, 0.25) is 0 Å². The summed E-state index contributed by atoms with van der Waals surface area (Å²) in [6.45, 7) is 5.86. The third kappa shape index (κ3) is 4.83. The molecule has 0 spiro atoms. The van der Waals surface area contributed by atoms with Gasteiger partial charge in [0.2, 0.25) is 0 Å². The molecule has 0 amide bonds. The number of hydrogen-bond donors (Lipinski definition) is 2. The fourth-order valence-electron chi connectivity index (χ4n) is 2.72. The van der Waals surface area contributed by atoms with E-state index in [1.165, 1.54) is 0 Å². The Balaban J connectivity index is 1.98. The molecule has 0 saturated carbocycles. The van der Waals surface area contributed by atoms with Gasteiger partial charge < -0.3 is 15.1 Å². The van der Waals surface area contributed by atoms with Gasteiger partial charge >= 0.3 is 0 Å². The predicted octanol–water partition coefficient (Wildman–Crippen LogP) is 3.22. The minimum absolute atomic E-state index is 0.706. The maximum atomic E-state index is 4.82. The number of aromatic amines is 1. The van der Waals surface area contributed by atoms with Gasteiger partial charge in [0.15, 0.2) is 11.6 Å². The SMILES string of the molecule is Cc1cc(Nc2cc(N(C)CCN(C)C)nc(-c3ccccc3C)n2)n[nH]1. The third-order valence-corrected chi connectivity index (χ3v) is 4.33. The molecule has 7 nitrogen and oxygen atoms in total. The molecule has 0 unspecified atom stereocenters. The van der Waals surface area contributed by atoms with Crippen LogP contribution in [0.5, 0.6) is 0 Å². The summed E-state index contributed by atoms with van der Waals surface area (Å²) in [5, 5.41) is 10.5. The molecule has 2 N–H and O–H groups in total.